The lowest BCUT2D eigenvalue weighted by molar-refractivity contribution is -0.122. The summed E-state index contributed by atoms with van der Waals surface area (Å²) in [7, 11) is 3.44. The first kappa shape index (κ1) is 17.9. The Morgan fingerprint density at radius 2 is 2.00 bits per heavy atom. The largest absolute Gasteiger partial charge is 0.496 e. The number of carbonyl (C=O) groups excluding carboxylic acids is 1. The van der Waals surface area contributed by atoms with Gasteiger partial charge in [-0.15, -0.1) is 0 Å². The molecule has 0 heterocycles. The lowest BCUT2D eigenvalue weighted by Crippen LogP contribution is -2.36. The van der Waals surface area contributed by atoms with Crippen molar-refractivity contribution in [1.29, 1.82) is 0 Å². The van der Waals surface area contributed by atoms with Crippen LogP contribution in [0.5, 0.6) is 5.75 Å². The Balaban J connectivity index is 1.90. The minimum atomic E-state index is -0.268. The molecular weight excluding hydrogens is 307 g/mol. The maximum Gasteiger partial charge on any atom is 0.234 e. The van der Waals surface area contributed by atoms with Crippen molar-refractivity contribution in [3.8, 4) is 5.75 Å². The highest BCUT2D eigenvalue weighted by Gasteiger charge is 2.15. The number of rotatable bonds is 7. The van der Waals surface area contributed by atoms with Crippen LogP contribution in [0.25, 0.3) is 0 Å². The quantitative estimate of drug-likeness (QED) is 0.848. The molecule has 0 spiro atoms. The molecule has 5 heteroatoms. The van der Waals surface area contributed by atoms with E-state index in [0.29, 0.717) is 6.54 Å². The average molecular weight is 330 g/mol. The molecule has 0 aliphatic rings. The third-order valence-corrected chi connectivity index (χ3v) is 3.74. The summed E-state index contributed by atoms with van der Waals surface area (Å²) in [5, 5.41) is 2.96. The third-order valence-electron chi connectivity index (χ3n) is 3.74. The SMILES string of the molecule is COc1ccccc1C(C)NC(=O)CN(C)Cc1cccc(F)c1. The van der Waals surface area contributed by atoms with Crippen molar-refractivity contribution in [2.24, 2.45) is 0 Å². The summed E-state index contributed by atoms with van der Waals surface area (Å²) in [6.07, 6.45) is 0. The Bertz CT molecular complexity index is 691. The van der Waals surface area contributed by atoms with E-state index in [1.807, 2.05) is 49.2 Å². The Labute approximate surface area is 142 Å². The molecule has 2 rings (SSSR count). The molecule has 1 amide bonds. The maximum absolute atomic E-state index is 13.2. The van der Waals surface area contributed by atoms with Crippen LogP contribution in [0, 0.1) is 5.82 Å². The summed E-state index contributed by atoms with van der Waals surface area (Å²) >= 11 is 0. The minimum absolute atomic E-state index is 0.0905. The van der Waals surface area contributed by atoms with Gasteiger partial charge < -0.3 is 10.1 Å². The smallest absolute Gasteiger partial charge is 0.234 e. The third kappa shape index (κ3) is 5.06. The first-order valence-electron chi connectivity index (χ1n) is 7.85. The fourth-order valence-electron chi connectivity index (χ4n) is 2.64. The predicted molar refractivity (Wildman–Crippen MR) is 92.3 cm³/mol. The van der Waals surface area contributed by atoms with Gasteiger partial charge in [0.25, 0.3) is 0 Å². The molecule has 0 saturated heterocycles. The monoisotopic (exact) mass is 330 g/mol. The summed E-state index contributed by atoms with van der Waals surface area (Å²) in [4.78, 5) is 14.1. The fourth-order valence-corrected chi connectivity index (χ4v) is 2.64. The van der Waals surface area contributed by atoms with Crippen molar-refractivity contribution < 1.29 is 13.9 Å². The number of para-hydroxylation sites is 1. The summed E-state index contributed by atoms with van der Waals surface area (Å²) < 4.78 is 18.5. The molecule has 128 valence electrons. The van der Waals surface area contributed by atoms with Gasteiger partial charge in [0.15, 0.2) is 0 Å². The Hall–Kier alpha value is -2.40. The van der Waals surface area contributed by atoms with Crippen molar-refractivity contribution in [2.45, 2.75) is 19.5 Å². The van der Waals surface area contributed by atoms with Crippen LogP contribution in [0.2, 0.25) is 0 Å². The zero-order valence-corrected chi connectivity index (χ0v) is 14.3. The summed E-state index contributed by atoms with van der Waals surface area (Å²) in [6, 6.07) is 13.8. The first-order chi connectivity index (χ1) is 11.5. The normalized spacial score (nSPS) is 12.0. The van der Waals surface area contributed by atoms with Crippen molar-refractivity contribution in [3.05, 3.63) is 65.5 Å². The zero-order chi connectivity index (χ0) is 17.5. The van der Waals surface area contributed by atoms with Gasteiger partial charge in [0, 0.05) is 12.1 Å². The van der Waals surface area contributed by atoms with E-state index in [1.54, 1.807) is 13.2 Å². The number of carbonyl (C=O) groups is 1. The summed E-state index contributed by atoms with van der Waals surface area (Å²) in [6.45, 7) is 2.66. The molecule has 24 heavy (non-hydrogen) atoms. The number of likely N-dealkylation sites (N-methyl/N-ethyl adjacent to an activating group) is 1. The Morgan fingerprint density at radius 3 is 2.71 bits per heavy atom. The van der Waals surface area contributed by atoms with E-state index in [9.17, 15) is 9.18 Å². The van der Waals surface area contributed by atoms with Gasteiger partial charge in [0.1, 0.15) is 11.6 Å². The molecular formula is C19H23FN2O2. The van der Waals surface area contributed by atoms with Gasteiger partial charge in [-0.25, -0.2) is 4.39 Å². The predicted octanol–water partition coefficient (Wildman–Crippen LogP) is 3.14. The van der Waals surface area contributed by atoms with Crippen molar-refractivity contribution >= 4 is 5.91 Å². The molecule has 4 nitrogen and oxygen atoms in total. The second-order valence-corrected chi connectivity index (χ2v) is 5.83. The molecule has 1 unspecified atom stereocenters. The van der Waals surface area contributed by atoms with Crippen LogP contribution >= 0.6 is 0 Å². The van der Waals surface area contributed by atoms with Crippen LogP contribution in [0.1, 0.15) is 24.1 Å². The number of benzene rings is 2. The molecule has 0 bridgehead atoms. The highest BCUT2D eigenvalue weighted by Crippen LogP contribution is 2.24. The van der Waals surface area contributed by atoms with Crippen LogP contribution < -0.4 is 10.1 Å². The lowest BCUT2D eigenvalue weighted by atomic mass is 10.1. The average Bonchev–Trinajstić information content (AvgIpc) is 2.54. The molecule has 0 saturated carbocycles. The maximum atomic E-state index is 13.2. The second-order valence-electron chi connectivity index (χ2n) is 5.83. The number of amides is 1. The number of nitrogens with one attached hydrogen (secondary N) is 1. The number of hydrogen-bond donors (Lipinski definition) is 1. The second kappa shape index (κ2) is 8.45. The van der Waals surface area contributed by atoms with Gasteiger partial charge in [-0.05, 0) is 37.7 Å². The number of hydrogen-bond acceptors (Lipinski definition) is 3. The van der Waals surface area contributed by atoms with E-state index in [1.165, 1.54) is 12.1 Å². The Morgan fingerprint density at radius 1 is 1.25 bits per heavy atom. The standard InChI is InChI=1S/C19H23FN2O2/c1-14(17-9-4-5-10-18(17)24-3)21-19(23)13-22(2)12-15-7-6-8-16(20)11-15/h4-11,14H,12-13H2,1-3H3,(H,21,23). The zero-order valence-electron chi connectivity index (χ0n) is 14.3. The van der Waals surface area contributed by atoms with E-state index in [4.69, 9.17) is 4.74 Å². The molecule has 2 aromatic carbocycles. The number of halogens is 1. The van der Waals surface area contributed by atoms with E-state index < -0.39 is 0 Å². The molecule has 1 atom stereocenters. The molecule has 1 N–H and O–H groups in total. The van der Waals surface area contributed by atoms with Gasteiger partial charge in [0.2, 0.25) is 5.91 Å². The first-order valence-corrected chi connectivity index (χ1v) is 7.85. The number of ether oxygens (including phenoxy) is 1. The fraction of sp³-hybridized carbons (Fsp3) is 0.316. The highest BCUT2D eigenvalue weighted by molar-refractivity contribution is 5.78. The van der Waals surface area contributed by atoms with Gasteiger partial charge in [-0.3, -0.25) is 9.69 Å². The molecule has 0 aliphatic heterocycles. The van der Waals surface area contributed by atoms with Crippen molar-refractivity contribution in [2.75, 3.05) is 20.7 Å². The minimum Gasteiger partial charge on any atom is -0.496 e. The number of nitrogens with zero attached hydrogens (tertiary/aromatic N) is 1. The van der Waals surface area contributed by atoms with Gasteiger partial charge in [-0.1, -0.05) is 30.3 Å². The van der Waals surface area contributed by atoms with E-state index in [2.05, 4.69) is 5.32 Å². The topological polar surface area (TPSA) is 41.6 Å². The highest BCUT2D eigenvalue weighted by atomic mass is 19.1. The summed E-state index contributed by atoms with van der Waals surface area (Å²) in [5.74, 6) is 0.390. The van der Waals surface area contributed by atoms with E-state index in [-0.39, 0.29) is 24.3 Å². The van der Waals surface area contributed by atoms with Crippen LogP contribution in [-0.2, 0) is 11.3 Å². The van der Waals surface area contributed by atoms with E-state index >= 15 is 0 Å². The summed E-state index contributed by atoms with van der Waals surface area (Å²) in [5.41, 5.74) is 1.77. The van der Waals surface area contributed by atoms with Crippen LogP contribution in [0.4, 0.5) is 4.39 Å². The van der Waals surface area contributed by atoms with Crippen molar-refractivity contribution in [1.82, 2.24) is 10.2 Å². The molecule has 2 aromatic rings. The Kier molecular flexibility index (Phi) is 6.32. The number of methoxy groups -OCH3 is 1. The molecule has 0 fully saturated rings. The van der Waals surface area contributed by atoms with Crippen molar-refractivity contribution in [3.63, 3.8) is 0 Å². The molecule has 0 aromatic heterocycles. The van der Waals surface area contributed by atoms with Crippen LogP contribution in [0.3, 0.4) is 0 Å². The lowest BCUT2D eigenvalue weighted by Gasteiger charge is -2.20. The van der Waals surface area contributed by atoms with Gasteiger partial charge in [-0.2, -0.15) is 0 Å². The molecule has 0 aliphatic carbocycles. The van der Waals surface area contributed by atoms with Gasteiger partial charge >= 0.3 is 0 Å². The van der Waals surface area contributed by atoms with Crippen LogP contribution in [-0.4, -0.2) is 31.5 Å². The van der Waals surface area contributed by atoms with Gasteiger partial charge in [0.05, 0.1) is 19.7 Å². The van der Waals surface area contributed by atoms with Crippen LogP contribution in [0.15, 0.2) is 48.5 Å². The molecule has 0 radical (unpaired) electrons. The van der Waals surface area contributed by atoms with E-state index in [0.717, 1.165) is 16.9 Å².